The first-order valence-electron chi connectivity index (χ1n) is 10.3. The van der Waals surface area contributed by atoms with Crippen LogP contribution >= 0.6 is 11.6 Å². The maximum atomic E-state index is 13.7. The van der Waals surface area contributed by atoms with E-state index < -0.39 is 5.54 Å². The molecule has 30 heavy (non-hydrogen) atoms. The zero-order chi connectivity index (χ0) is 21.5. The molecule has 0 N–H and O–H groups in total. The third kappa shape index (κ3) is 3.65. The van der Waals surface area contributed by atoms with Crippen molar-refractivity contribution in [2.75, 3.05) is 24.5 Å². The molecule has 2 fully saturated rings. The van der Waals surface area contributed by atoms with Gasteiger partial charge in [0.2, 0.25) is 5.91 Å². The van der Waals surface area contributed by atoms with E-state index in [0.717, 1.165) is 16.9 Å². The molecule has 0 bridgehead atoms. The zero-order valence-electron chi connectivity index (χ0n) is 17.6. The number of aromatic nitrogens is 1. The van der Waals surface area contributed by atoms with Crippen molar-refractivity contribution < 1.29 is 9.59 Å². The number of piperazine rings is 1. The molecule has 4 rings (SSSR count). The number of hydrogen-bond acceptors (Lipinski definition) is 4. The Kier molecular flexibility index (Phi) is 5.45. The van der Waals surface area contributed by atoms with Gasteiger partial charge in [-0.05, 0) is 57.0 Å². The molecule has 0 unspecified atom stereocenters. The molecule has 3 heterocycles. The third-order valence-corrected chi connectivity index (χ3v) is 6.40. The highest BCUT2D eigenvalue weighted by Crippen LogP contribution is 2.37. The lowest BCUT2D eigenvalue weighted by Crippen LogP contribution is -2.69. The van der Waals surface area contributed by atoms with E-state index in [4.69, 9.17) is 11.6 Å². The molecule has 2 saturated heterocycles. The number of anilines is 1. The van der Waals surface area contributed by atoms with Gasteiger partial charge in [0, 0.05) is 41.7 Å². The van der Waals surface area contributed by atoms with Crippen LogP contribution in [0, 0.1) is 6.92 Å². The molecular weight excluding hydrogens is 400 g/mol. The Morgan fingerprint density at radius 3 is 2.57 bits per heavy atom. The Balaban J connectivity index is 1.69. The van der Waals surface area contributed by atoms with Crippen molar-refractivity contribution in [2.24, 2.45) is 0 Å². The number of rotatable bonds is 4. The minimum absolute atomic E-state index is 0.00833. The zero-order valence-corrected chi connectivity index (χ0v) is 18.4. The summed E-state index contributed by atoms with van der Waals surface area (Å²) >= 11 is 6.03. The first-order valence-corrected chi connectivity index (χ1v) is 10.7. The van der Waals surface area contributed by atoms with Gasteiger partial charge in [-0.15, -0.1) is 0 Å². The van der Waals surface area contributed by atoms with Crippen molar-refractivity contribution in [1.29, 1.82) is 0 Å². The van der Waals surface area contributed by atoms with Crippen LogP contribution in [0.3, 0.4) is 0 Å². The second kappa shape index (κ2) is 7.91. The fourth-order valence-corrected chi connectivity index (χ4v) is 4.62. The maximum Gasteiger partial charge on any atom is 0.251 e. The molecule has 0 aliphatic carbocycles. The summed E-state index contributed by atoms with van der Waals surface area (Å²) < 4.78 is 0. The Bertz CT molecular complexity index is 962. The number of nitrogens with zero attached hydrogens (tertiary/aromatic N) is 4. The highest BCUT2D eigenvalue weighted by Gasteiger charge is 2.56. The maximum absolute atomic E-state index is 13.7. The summed E-state index contributed by atoms with van der Waals surface area (Å²) in [5, 5.41) is 0.653. The number of halogens is 1. The highest BCUT2D eigenvalue weighted by molar-refractivity contribution is 6.30. The summed E-state index contributed by atoms with van der Waals surface area (Å²) in [4.78, 5) is 37.0. The van der Waals surface area contributed by atoms with Crippen LogP contribution in [0.15, 0.2) is 42.6 Å². The van der Waals surface area contributed by atoms with E-state index in [2.05, 4.69) is 9.88 Å². The number of carbonyl (C=O) groups is 2. The summed E-state index contributed by atoms with van der Waals surface area (Å²) in [7, 11) is 0. The molecule has 158 valence electrons. The second-order valence-electron chi connectivity index (χ2n) is 8.49. The standard InChI is InChI=1S/C23H27ClN4O2/c1-16(2)27-14-21(29)28(13-18-4-6-19(24)7-5-18)23(22(27)30)9-11-26(15-23)20-8-10-25-17(3)12-20/h4-8,10,12,16H,9,11,13-15H2,1-3H3/t23-/m0/s1. The Morgan fingerprint density at radius 1 is 1.17 bits per heavy atom. The van der Waals surface area contributed by atoms with Gasteiger partial charge in [0.05, 0.1) is 6.54 Å². The lowest BCUT2D eigenvalue weighted by Gasteiger charge is -2.48. The van der Waals surface area contributed by atoms with E-state index in [-0.39, 0.29) is 24.4 Å². The van der Waals surface area contributed by atoms with Crippen LogP contribution < -0.4 is 4.90 Å². The van der Waals surface area contributed by atoms with Crippen molar-refractivity contribution in [3.8, 4) is 0 Å². The minimum Gasteiger partial charge on any atom is -0.368 e. The van der Waals surface area contributed by atoms with Crippen molar-refractivity contribution in [2.45, 2.75) is 45.3 Å². The van der Waals surface area contributed by atoms with Gasteiger partial charge < -0.3 is 14.7 Å². The van der Waals surface area contributed by atoms with Crippen molar-refractivity contribution >= 4 is 29.1 Å². The Morgan fingerprint density at radius 2 is 1.90 bits per heavy atom. The first-order chi connectivity index (χ1) is 14.3. The van der Waals surface area contributed by atoms with E-state index in [1.54, 1.807) is 16.0 Å². The normalized spacial score (nSPS) is 22.0. The van der Waals surface area contributed by atoms with Gasteiger partial charge in [0.25, 0.3) is 5.91 Å². The fraction of sp³-hybridized carbons (Fsp3) is 0.435. The number of benzene rings is 1. The van der Waals surface area contributed by atoms with Gasteiger partial charge in [-0.25, -0.2) is 0 Å². The van der Waals surface area contributed by atoms with E-state index in [9.17, 15) is 9.59 Å². The number of carbonyl (C=O) groups excluding carboxylic acids is 2. The predicted octanol–water partition coefficient (Wildman–Crippen LogP) is 3.27. The van der Waals surface area contributed by atoms with Crippen LogP contribution in [-0.4, -0.2) is 57.8 Å². The highest BCUT2D eigenvalue weighted by atomic mass is 35.5. The smallest absolute Gasteiger partial charge is 0.251 e. The molecular formula is C23H27ClN4O2. The minimum atomic E-state index is -0.865. The van der Waals surface area contributed by atoms with Gasteiger partial charge in [-0.3, -0.25) is 14.6 Å². The van der Waals surface area contributed by atoms with Crippen LogP contribution in [0.2, 0.25) is 5.02 Å². The van der Waals surface area contributed by atoms with E-state index in [1.807, 2.05) is 57.2 Å². The van der Waals surface area contributed by atoms with Crippen molar-refractivity contribution in [1.82, 2.24) is 14.8 Å². The fourth-order valence-electron chi connectivity index (χ4n) is 4.49. The van der Waals surface area contributed by atoms with Gasteiger partial charge in [-0.1, -0.05) is 23.7 Å². The predicted molar refractivity (Wildman–Crippen MR) is 117 cm³/mol. The van der Waals surface area contributed by atoms with Crippen LogP contribution in [0.1, 0.15) is 31.5 Å². The molecule has 1 spiro atoms. The van der Waals surface area contributed by atoms with Crippen LogP contribution in [0.25, 0.3) is 0 Å². The topological polar surface area (TPSA) is 56.8 Å². The quantitative estimate of drug-likeness (QED) is 0.752. The van der Waals surface area contributed by atoms with E-state index in [1.165, 1.54) is 0 Å². The van der Waals surface area contributed by atoms with E-state index in [0.29, 0.717) is 31.1 Å². The number of hydrogen-bond donors (Lipinski definition) is 0. The molecule has 0 saturated carbocycles. The monoisotopic (exact) mass is 426 g/mol. The lowest BCUT2D eigenvalue weighted by atomic mass is 9.89. The number of pyridine rings is 1. The van der Waals surface area contributed by atoms with E-state index >= 15 is 0 Å². The van der Waals surface area contributed by atoms with Crippen LogP contribution in [0.5, 0.6) is 0 Å². The van der Waals surface area contributed by atoms with Gasteiger partial charge in [-0.2, -0.15) is 0 Å². The Labute approximate surface area is 182 Å². The molecule has 6 nitrogen and oxygen atoms in total. The van der Waals surface area contributed by atoms with Crippen molar-refractivity contribution in [3.05, 3.63) is 58.9 Å². The summed E-state index contributed by atoms with van der Waals surface area (Å²) in [5.41, 5.74) is 2.07. The van der Waals surface area contributed by atoms with Crippen LogP contribution in [-0.2, 0) is 16.1 Å². The van der Waals surface area contributed by atoms with Crippen LogP contribution in [0.4, 0.5) is 5.69 Å². The molecule has 2 amide bonds. The molecule has 2 aliphatic heterocycles. The molecule has 0 radical (unpaired) electrons. The SMILES string of the molecule is Cc1cc(N2CC[C@]3(C2)C(=O)N(C(C)C)CC(=O)N3Cc2ccc(Cl)cc2)ccn1. The lowest BCUT2D eigenvalue weighted by molar-refractivity contribution is -0.166. The molecule has 2 aromatic rings. The largest absolute Gasteiger partial charge is 0.368 e. The average Bonchev–Trinajstić information content (AvgIpc) is 3.16. The number of amides is 2. The molecule has 1 atom stereocenters. The summed E-state index contributed by atoms with van der Waals surface area (Å²) in [5.74, 6) is 0.0327. The molecule has 1 aromatic heterocycles. The molecule has 1 aromatic carbocycles. The first kappa shape index (κ1) is 20.7. The van der Waals surface area contributed by atoms with Gasteiger partial charge in [0.1, 0.15) is 12.1 Å². The number of aryl methyl sites for hydroxylation is 1. The summed E-state index contributed by atoms with van der Waals surface area (Å²) in [6, 6.07) is 11.4. The summed E-state index contributed by atoms with van der Waals surface area (Å²) in [6.45, 7) is 7.61. The average molecular weight is 427 g/mol. The second-order valence-corrected chi connectivity index (χ2v) is 8.93. The van der Waals surface area contributed by atoms with Gasteiger partial charge in [0.15, 0.2) is 0 Å². The molecule has 7 heteroatoms. The third-order valence-electron chi connectivity index (χ3n) is 6.15. The summed E-state index contributed by atoms with van der Waals surface area (Å²) in [6.07, 6.45) is 2.39. The van der Waals surface area contributed by atoms with Crippen molar-refractivity contribution in [3.63, 3.8) is 0 Å². The van der Waals surface area contributed by atoms with Gasteiger partial charge >= 0.3 is 0 Å². The molecule has 2 aliphatic rings. The Hall–Kier alpha value is -2.60.